The van der Waals surface area contributed by atoms with Crippen molar-refractivity contribution in [3.63, 3.8) is 0 Å². The number of likely N-dealkylation sites (tertiary alicyclic amines) is 1. The highest BCUT2D eigenvalue weighted by molar-refractivity contribution is 5.78. The monoisotopic (exact) mass is 370 g/mol. The second-order valence-electron chi connectivity index (χ2n) is 7.07. The standard InChI is InChI=1S/C22H27FN2O2/c23-20-6-4-5-19(16-20)15-18-9-12-25(13-10-18)17-22(26)24-11-14-27-21-7-2-1-3-8-21/h1-8,16,18H,9-15,17H2,(H,24,26). The molecule has 0 atom stereocenters. The van der Waals surface area contributed by atoms with Crippen molar-refractivity contribution in [3.8, 4) is 5.75 Å². The maximum Gasteiger partial charge on any atom is 0.234 e. The van der Waals surface area contributed by atoms with E-state index in [1.807, 2.05) is 36.4 Å². The molecule has 0 radical (unpaired) electrons. The summed E-state index contributed by atoms with van der Waals surface area (Å²) in [6.07, 6.45) is 3.00. The molecule has 0 bridgehead atoms. The van der Waals surface area contributed by atoms with Crippen molar-refractivity contribution in [3.05, 3.63) is 66.0 Å². The van der Waals surface area contributed by atoms with Gasteiger partial charge in [-0.1, -0.05) is 30.3 Å². The third-order valence-corrected chi connectivity index (χ3v) is 4.92. The summed E-state index contributed by atoms with van der Waals surface area (Å²) < 4.78 is 18.9. The van der Waals surface area contributed by atoms with E-state index in [4.69, 9.17) is 4.74 Å². The number of carbonyl (C=O) groups is 1. The number of nitrogens with zero attached hydrogens (tertiary/aromatic N) is 1. The zero-order chi connectivity index (χ0) is 18.9. The van der Waals surface area contributed by atoms with Gasteiger partial charge in [0.15, 0.2) is 0 Å². The lowest BCUT2D eigenvalue weighted by atomic mass is 9.90. The summed E-state index contributed by atoms with van der Waals surface area (Å²) in [6, 6.07) is 16.4. The Balaban J connectivity index is 1.30. The van der Waals surface area contributed by atoms with E-state index in [2.05, 4.69) is 10.2 Å². The Hall–Kier alpha value is -2.40. The second kappa shape index (κ2) is 10.1. The van der Waals surface area contributed by atoms with E-state index >= 15 is 0 Å². The first-order valence-electron chi connectivity index (χ1n) is 9.60. The van der Waals surface area contributed by atoms with E-state index in [-0.39, 0.29) is 11.7 Å². The third-order valence-electron chi connectivity index (χ3n) is 4.92. The number of carbonyl (C=O) groups excluding carboxylic acids is 1. The Bertz CT molecular complexity index is 715. The number of para-hydroxylation sites is 1. The number of ether oxygens (including phenoxy) is 1. The number of piperidine rings is 1. The summed E-state index contributed by atoms with van der Waals surface area (Å²) in [4.78, 5) is 14.3. The van der Waals surface area contributed by atoms with Gasteiger partial charge in [-0.25, -0.2) is 4.39 Å². The SMILES string of the molecule is O=C(CN1CCC(Cc2cccc(F)c2)CC1)NCCOc1ccccc1. The van der Waals surface area contributed by atoms with E-state index in [0.29, 0.717) is 25.6 Å². The molecule has 0 spiro atoms. The Kier molecular flexibility index (Phi) is 7.22. The lowest BCUT2D eigenvalue weighted by Gasteiger charge is -2.31. The van der Waals surface area contributed by atoms with Gasteiger partial charge in [-0.05, 0) is 68.1 Å². The molecule has 0 aliphatic carbocycles. The number of halogens is 1. The molecule has 3 rings (SSSR count). The highest BCUT2D eigenvalue weighted by Crippen LogP contribution is 2.21. The van der Waals surface area contributed by atoms with Crippen LogP contribution < -0.4 is 10.1 Å². The summed E-state index contributed by atoms with van der Waals surface area (Å²) >= 11 is 0. The number of nitrogens with one attached hydrogen (secondary N) is 1. The van der Waals surface area contributed by atoms with Gasteiger partial charge in [0.05, 0.1) is 13.1 Å². The number of hydrogen-bond donors (Lipinski definition) is 1. The van der Waals surface area contributed by atoms with Gasteiger partial charge in [-0.3, -0.25) is 9.69 Å². The van der Waals surface area contributed by atoms with E-state index in [1.165, 1.54) is 6.07 Å². The molecule has 1 N–H and O–H groups in total. The Labute approximate surface area is 160 Å². The van der Waals surface area contributed by atoms with Gasteiger partial charge in [-0.15, -0.1) is 0 Å². The Morgan fingerprint density at radius 1 is 1.11 bits per heavy atom. The van der Waals surface area contributed by atoms with Crippen LogP contribution >= 0.6 is 0 Å². The summed E-state index contributed by atoms with van der Waals surface area (Å²) in [5.41, 5.74) is 1.06. The second-order valence-corrected chi connectivity index (χ2v) is 7.07. The van der Waals surface area contributed by atoms with Crippen LogP contribution in [0.5, 0.6) is 5.75 Å². The quantitative estimate of drug-likeness (QED) is 0.725. The number of rotatable bonds is 8. The average Bonchev–Trinajstić information content (AvgIpc) is 2.68. The normalized spacial score (nSPS) is 15.4. The van der Waals surface area contributed by atoms with Crippen molar-refractivity contribution in [2.24, 2.45) is 5.92 Å². The fourth-order valence-corrected chi connectivity index (χ4v) is 3.48. The first-order valence-corrected chi connectivity index (χ1v) is 9.60. The molecule has 0 saturated carbocycles. The minimum absolute atomic E-state index is 0.0373. The fraction of sp³-hybridized carbons (Fsp3) is 0.409. The first kappa shape index (κ1) is 19.4. The minimum Gasteiger partial charge on any atom is -0.492 e. The number of hydrogen-bond acceptors (Lipinski definition) is 3. The van der Waals surface area contributed by atoms with Crippen LogP contribution in [-0.4, -0.2) is 43.6 Å². The molecule has 1 amide bonds. The molecule has 5 heteroatoms. The van der Waals surface area contributed by atoms with Crippen LogP contribution in [0.25, 0.3) is 0 Å². The predicted molar refractivity (Wildman–Crippen MR) is 104 cm³/mol. The molecule has 144 valence electrons. The zero-order valence-electron chi connectivity index (χ0n) is 15.6. The topological polar surface area (TPSA) is 41.6 Å². The highest BCUT2D eigenvalue weighted by Gasteiger charge is 2.21. The van der Waals surface area contributed by atoms with Crippen LogP contribution in [0.1, 0.15) is 18.4 Å². The van der Waals surface area contributed by atoms with Crippen molar-refractivity contribution in [1.29, 1.82) is 0 Å². The van der Waals surface area contributed by atoms with Crippen LogP contribution in [0.2, 0.25) is 0 Å². The molecule has 1 aliphatic heterocycles. The van der Waals surface area contributed by atoms with Crippen LogP contribution in [0.15, 0.2) is 54.6 Å². The van der Waals surface area contributed by atoms with Gasteiger partial charge in [-0.2, -0.15) is 0 Å². The smallest absolute Gasteiger partial charge is 0.234 e. The largest absolute Gasteiger partial charge is 0.492 e. The Morgan fingerprint density at radius 3 is 2.63 bits per heavy atom. The van der Waals surface area contributed by atoms with Crippen LogP contribution in [0, 0.1) is 11.7 Å². The van der Waals surface area contributed by atoms with E-state index in [9.17, 15) is 9.18 Å². The van der Waals surface area contributed by atoms with Gasteiger partial charge >= 0.3 is 0 Å². The molecule has 0 unspecified atom stereocenters. The van der Waals surface area contributed by atoms with Crippen LogP contribution in [0.4, 0.5) is 4.39 Å². The van der Waals surface area contributed by atoms with Gasteiger partial charge < -0.3 is 10.1 Å². The first-order chi connectivity index (χ1) is 13.2. The lowest BCUT2D eigenvalue weighted by Crippen LogP contribution is -2.42. The lowest BCUT2D eigenvalue weighted by molar-refractivity contribution is -0.122. The predicted octanol–water partition coefficient (Wildman–Crippen LogP) is 3.28. The minimum atomic E-state index is -0.169. The van der Waals surface area contributed by atoms with Crippen molar-refractivity contribution in [1.82, 2.24) is 10.2 Å². The summed E-state index contributed by atoms with van der Waals surface area (Å²) in [5.74, 6) is 1.24. The highest BCUT2D eigenvalue weighted by atomic mass is 19.1. The average molecular weight is 370 g/mol. The van der Waals surface area contributed by atoms with Crippen molar-refractivity contribution < 1.29 is 13.9 Å². The maximum atomic E-state index is 13.3. The van der Waals surface area contributed by atoms with Crippen LogP contribution in [0.3, 0.4) is 0 Å². The summed E-state index contributed by atoms with van der Waals surface area (Å²) in [6.45, 7) is 3.22. The molecule has 0 aromatic heterocycles. The molecule has 27 heavy (non-hydrogen) atoms. The molecule has 2 aromatic rings. The molecule has 1 aliphatic rings. The summed E-state index contributed by atoms with van der Waals surface area (Å²) in [7, 11) is 0. The van der Waals surface area contributed by atoms with Gasteiger partial charge in [0, 0.05) is 0 Å². The summed E-state index contributed by atoms with van der Waals surface area (Å²) in [5, 5.41) is 2.91. The van der Waals surface area contributed by atoms with Crippen molar-refractivity contribution in [2.75, 3.05) is 32.8 Å². The molecule has 1 fully saturated rings. The van der Waals surface area contributed by atoms with Crippen LogP contribution in [-0.2, 0) is 11.2 Å². The van der Waals surface area contributed by atoms with E-state index in [1.54, 1.807) is 12.1 Å². The third kappa shape index (κ3) is 6.68. The molecule has 1 heterocycles. The zero-order valence-corrected chi connectivity index (χ0v) is 15.6. The van der Waals surface area contributed by atoms with Crippen molar-refractivity contribution in [2.45, 2.75) is 19.3 Å². The maximum absolute atomic E-state index is 13.3. The van der Waals surface area contributed by atoms with Gasteiger partial charge in [0.2, 0.25) is 5.91 Å². The fourth-order valence-electron chi connectivity index (χ4n) is 3.48. The Morgan fingerprint density at radius 2 is 1.89 bits per heavy atom. The van der Waals surface area contributed by atoms with Gasteiger partial charge in [0.25, 0.3) is 0 Å². The van der Waals surface area contributed by atoms with E-state index in [0.717, 1.165) is 43.7 Å². The van der Waals surface area contributed by atoms with Crippen molar-refractivity contribution >= 4 is 5.91 Å². The van der Waals surface area contributed by atoms with Gasteiger partial charge in [0.1, 0.15) is 18.2 Å². The molecular weight excluding hydrogens is 343 g/mol. The number of benzene rings is 2. The number of amides is 1. The van der Waals surface area contributed by atoms with E-state index < -0.39 is 0 Å². The molecular formula is C22H27FN2O2. The molecule has 4 nitrogen and oxygen atoms in total. The molecule has 1 saturated heterocycles. The molecule has 2 aromatic carbocycles.